The molecule has 0 saturated carbocycles. The van der Waals surface area contributed by atoms with E-state index in [0.717, 1.165) is 28.0 Å². The fraction of sp³-hybridized carbons (Fsp3) is 0.417. The minimum atomic E-state index is 0.178. The predicted octanol–water partition coefficient (Wildman–Crippen LogP) is 4.26. The maximum atomic E-state index is 6.00. The molecule has 17 heavy (non-hydrogen) atoms. The van der Waals surface area contributed by atoms with Gasteiger partial charge in [0.15, 0.2) is 0 Å². The lowest BCUT2D eigenvalue weighted by atomic mass is 10.2. The van der Waals surface area contributed by atoms with Gasteiger partial charge in [0, 0.05) is 10.3 Å². The molecular weight excluding hydrogens is 272 g/mol. The third-order valence-electron chi connectivity index (χ3n) is 2.41. The van der Waals surface area contributed by atoms with Crippen LogP contribution in [0.5, 0.6) is 0 Å². The summed E-state index contributed by atoms with van der Waals surface area (Å²) in [7, 11) is 0. The summed E-state index contributed by atoms with van der Waals surface area (Å²) in [5.74, 6) is 0. The van der Waals surface area contributed by atoms with Crippen molar-refractivity contribution in [3.05, 3.63) is 37.4 Å². The smallest absolute Gasteiger partial charge is 0.0931 e. The molecular formula is C12H15ClN2S2. The average molecular weight is 287 g/mol. The lowest BCUT2D eigenvalue weighted by Crippen LogP contribution is -2.22. The Labute approximate surface area is 115 Å². The molecule has 2 rings (SSSR count). The van der Waals surface area contributed by atoms with Crippen molar-refractivity contribution in [2.45, 2.75) is 26.3 Å². The summed E-state index contributed by atoms with van der Waals surface area (Å²) < 4.78 is 0.829. The van der Waals surface area contributed by atoms with Crippen LogP contribution in [0.3, 0.4) is 0 Å². The number of hydrogen-bond acceptors (Lipinski definition) is 4. The summed E-state index contributed by atoms with van der Waals surface area (Å²) in [6.07, 6.45) is 1.11. The van der Waals surface area contributed by atoms with Crippen molar-refractivity contribution in [2.75, 3.05) is 6.54 Å². The monoisotopic (exact) mass is 286 g/mol. The number of halogens is 1. The number of aromatic nitrogens is 1. The third-order valence-corrected chi connectivity index (χ3v) is 4.50. The van der Waals surface area contributed by atoms with Crippen LogP contribution in [-0.2, 0) is 0 Å². The average Bonchev–Trinajstić information content (AvgIpc) is 2.89. The summed E-state index contributed by atoms with van der Waals surface area (Å²) in [4.78, 5) is 5.80. The second-order valence-corrected chi connectivity index (χ2v) is 6.63. The van der Waals surface area contributed by atoms with Crippen LogP contribution in [0.2, 0.25) is 4.34 Å². The van der Waals surface area contributed by atoms with Crippen molar-refractivity contribution in [3.63, 3.8) is 0 Å². The van der Waals surface area contributed by atoms with Gasteiger partial charge in [-0.3, -0.25) is 0 Å². The molecule has 0 aliphatic heterocycles. The van der Waals surface area contributed by atoms with Crippen molar-refractivity contribution >= 4 is 34.3 Å². The molecule has 0 saturated heterocycles. The van der Waals surface area contributed by atoms with Gasteiger partial charge in [-0.2, -0.15) is 0 Å². The van der Waals surface area contributed by atoms with E-state index in [1.54, 1.807) is 22.7 Å². The van der Waals surface area contributed by atoms with Crippen LogP contribution >= 0.6 is 34.3 Å². The van der Waals surface area contributed by atoms with Crippen molar-refractivity contribution in [3.8, 4) is 0 Å². The van der Waals surface area contributed by atoms with Gasteiger partial charge in [0.25, 0.3) is 0 Å². The van der Waals surface area contributed by atoms with Gasteiger partial charge in [-0.1, -0.05) is 18.5 Å². The molecule has 5 heteroatoms. The zero-order valence-electron chi connectivity index (χ0n) is 9.87. The van der Waals surface area contributed by atoms with Gasteiger partial charge in [0.05, 0.1) is 21.1 Å². The van der Waals surface area contributed by atoms with Crippen LogP contribution in [0.1, 0.15) is 35.0 Å². The molecule has 2 aromatic rings. The van der Waals surface area contributed by atoms with E-state index in [9.17, 15) is 0 Å². The van der Waals surface area contributed by atoms with Gasteiger partial charge in [0.1, 0.15) is 0 Å². The molecule has 0 spiro atoms. The van der Waals surface area contributed by atoms with Crippen LogP contribution in [0, 0.1) is 6.92 Å². The van der Waals surface area contributed by atoms with E-state index in [2.05, 4.69) is 28.7 Å². The first-order valence-corrected chi connectivity index (χ1v) is 7.68. The van der Waals surface area contributed by atoms with E-state index in [-0.39, 0.29) is 6.04 Å². The van der Waals surface area contributed by atoms with Gasteiger partial charge < -0.3 is 5.32 Å². The molecule has 2 nitrogen and oxygen atoms in total. The van der Waals surface area contributed by atoms with Crippen LogP contribution < -0.4 is 5.32 Å². The molecule has 0 fully saturated rings. The number of nitrogens with zero attached hydrogens (tertiary/aromatic N) is 1. The second kappa shape index (κ2) is 5.96. The Morgan fingerprint density at radius 1 is 1.47 bits per heavy atom. The topological polar surface area (TPSA) is 24.9 Å². The molecule has 1 atom stereocenters. The molecule has 0 amide bonds. The highest BCUT2D eigenvalue weighted by molar-refractivity contribution is 7.16. The van der Waals surface area contributed by atoms with Crippen LogP contribution in [0.15, 0.2) is 17.5 Å². The number of thiazole rings is 1. The normalized spacial score (nSPS) is 12.9. The van der Waals surface area contributed by atoms with Crippen LogP contribution in [-0.4, -0.2) is 11.5 Å². The molecule has 2 aromatic heterocycles. The van der Waals surface area contributed by atoms with E-state index >= 15 is 0 Å². The quantitative estimate of drug-likeness (QED) is 0.888. The number of thiophene rings is 1. The molecule has 0 aliphatic carbocycles. The highest BCUT2D eigenvalue weighted by Gasteiger charge is 2.17. The fourth-order valence-corrected chi connectivity index (χ4v) is 3.42. The zero-order chi connectivity index (χ0) is 12.3. The first-order chi connectivity index (χ1) is 8.20. The Bertz CT molecular complexity index is 438. The first kappa shape index (κ1) is 13.0. The lowest BCUT2D eigenvalue weighted by molar-refractivity contribution is 0.595. The number of aryl methyl sites for hydroxylation is 1. The molecule has 1 unspecified atom stereocenters. The summed E-state index contributed by atoms with van der Waals surface area (Å²) >= 11 is 9.31. The molecule has 0 radical (unpaired) electrons. The summed E-state index contributed by atoms with van der Waals surface area (Å²) in [5.41, 5.74) is 1.10. The molecule has 0 aromatic carbocycles. The summed E-state index contributed by atoms with van der Waals surface area (Å²) in [5, 5.41) is 6.75. The standard InChI is InChI=1S/C12H15ClN2S2/c1-3-6-14-12(9-7-16-8(2)15-9)10-4-5-11(13)17-10/h4-5,7,12,14H,3,6H2,1-2H3. The third kappa shape index (κ3) is 3.28. The van der Waals surface area contributed by atoms with Crippen LogP contribution in [0.25, 0.3) is 0 Å². The minimum Gasteiger partial charge on any atom is -0.304 e. The fourth-order valence-electron chi connectivity index (χ4n) is 1.64. The van der Waals surface area contributed by atoms with Crippen molar-refractivity contribution in [2.24, 2.45) is 0 Å². The van der Waals surface area contributed by atoms with Gasteiger partial charge in [0.2, 0.25) is 0 Å². The van der Waals surface area contributed by atoms with E-state index < -0.39 is 0 Å². The molecule has 2 heterocycles. The van der Waals surface area contributed by atoms with Crippen molar-refractivity contribution in [1.82, 2.24) is 10.3 Å². The minimum absolute atomic E-state index is 0.178. The maximum Gasteiger partial charge on any atom is 0.0931 e. The number of nitrogens with one attached hydrogen (secondary N) is 1. The van der Waals surface area contributed by atoms with E-state index in [1.165, 1.54) is 4.88 Å². The second-order valence-electron chi connectivity index (χ2n) is 3.82. The van der Waals surface area contributed by atoms with Crippen molar-refractivity contribution in [1.29, 1.82) is 0 Å². The molecule has 1 N–H and O–H groups in total. The highest BCUT2D eigenvalue weighted by atomic mass is 35.5. The number of hydrogen-bond donors (Lipinski definition) is 1. The lowest BCUT2D eigenvalue weighted by Gasteiger charge is -2.14. The van der Waals surface area contributed by atoms with Gasteiger partial charge in [-0.25, -0.2) is 4.98 Å². The van der Waals surface area contributed by atoms with Gasteiger partial charge in [-0.05, 0) is 32.0 Å². The predicted molar refractivity (Wildman–Crippen MR) is 76.3 cm³/mol. The number of rotatable bonds is 5. The summed E-state index contributed by atoms with van der Waals surface area (Å²) in [6.45, 7) is 5.18. The van der Waals surface area contributed by atoms with Gasteiger partial charge in [-0.15, -0.1) is 22.7 Å². The molecule has 0 aliphatic rings. The van der Waals surface area contributed by atoms with Crippen molar-refractivity contribution < 1.29 is 0 Å². The SMILES string of the molecule is CCCNC(c1csc(C)n1)c1ccc(Cl)s1. The highest BCUT2D eigenvalue weighted by Crippen LogP contribution is 2.31. The van der Waals surface area contributed by atoms with E-state index in [1.807, 2.05) is 13.0 Å². The van der Waals surface area contributed by atoms with Crippen LogP contribution in [0.4, 0.5) is 0 Å². The largest absolute Gasteiger partial charge is 0.304 e. The Kier molecular flexibility index (Phi) is 4.56. The first-order valence-electron chi connectivity index (χ1n) is 5.61. The maximum absolute atomic E-state index is 6.00. The Morgan fingerprint density at radius 3 is 2.82 bits per heavy atom. The molecule has 0 bridgehead atoms. The molecule has 92 valence electrons. The summed E-state index contributed by atoms with van der Waals surface area (Å²) in [6, 6.07) is 4.20. The Balaban J connectivity index is 2.24. The Hall–Kier alpha value is -0.420. The van der Waals surface area contributed by atoms with E-state index in [4.69, 9.17) is 11.6 Å². The van der Waals surface area contributed by atoms with E-state index in [0.29, 0.717) is 0 Å². The van der Waals surface area contributed by atoms with Gasteiger partial charge >= 0.3 is 0 Å². The Morgan fingerprint density at radius 2 is 2.29 bits per heavy atom. The zero-order valence-corrected chi connectivity index (χ0v) is 12.3.